The fraction of sp³-hybridized carbons (Fsp3) is 0.267. The molecule has 0 spiro atoms. The van der Waals surface area contributed by atoms with E-state index in [1.165, 1.54) is 34.3 Å². The van der Waals surface area contributed by atoms with Crippen LogP contribution in [0, 0.1) is 5.82 Å². The maximum Gasteiger partial charge on any atom is 0.233 e. The van der Waals surface area contributed by atoms with Crippen molar-refractivity contribution >= 4 is 34.7 Å². The first-order chi connectivity index (χ1) is 10.1. The van der Waals surface area contributed by atoms with Gasteiger partial charge in [-0.1, -0.05) is 0 Å². The molecule has 0 saturated carbocycles. The lowest BCUT2D eigenvalue weighted by molar-refractivity contribution is -0.129. The molecule has 0 radical (unpaired) electrons. The number of carbonyl (C=O) groups is 1. The SMILES string of the molecule is Nc1ccc(SCC(=O)N2CCc3sccc3C2)cc1F. The Bertz CT molecular complexity index is 671. The second-order valence-corrected chi connectivity index (χ2v) is 6.96. The highest BCUT2D eigenvalue weighted by Gasteiger charge is 2.21. The number of nitrogens with two attached hydrogens (primary N) is 1. The molecular weight excluding hydrogens is 307 g/mol. The van der Waals surface area contributed by atoms with Crippen LogP contribution in [-0.2, 0) is 17.8 Å². The molecule has 0 unspecified atom stereocenters. The quantitative estimate of drug-likeness (QED) is 0.697. The molecule has 0 bridgehead atoms. The number of thioether (sulfide) groups is 1. The summed E-state index contributed by atoms with van der Waals surface area (Å²) in [5, 5.41) is 2.07. The Morgan fingerprint density at radius 1 is 1.43 bits per heavy atom. The number of thiophene rings is 1. The Hall–Kier alpha value is -1.53. The van der Waals surface area contributed by atoms with Gasteiger partial charge in [0.2, 0.25) is 5.91 Å². The van der Waals surface area contributed by atoms with E-state index in [1.54, 1.807) is 17.4 Å². The number of fused-ring (bicyclic) bond motifs is 1. The van der Waals surface area contributed by atoms with Crippen LogP contribution in [0.25, 0.3) is 0 Å². The standard InChI is InChI=1S/C15H15FN2OS2/c16-12-7-11(1-2-13(12)17)21-9-15(19)18-5-3-14-10(8-18)4-6-20-14/h1-2,4,6-7H,3,5,8-9,17H2. The maximum absolute atomic E-state index is 13.4. The van der Waals surface area contributed by atoms with Crippen molar-refractivity contribution in [2.75, 3.05) is 18.0 Å². The van der Waals surface area contributed by atoms with Crippen molar-refractivity contribution in [1.29, 1.82) is 0 Å². The summed E-state index contributed by atoms with van der Waals surface area (Å²) in [6.07, 6.45) is 0.930. The summed E-state index contributed by atoms with van der Waals surface area (Å²) in [6.45, 7) is 1.46. The van der Waals surface area contributed by atoms with Gasteiger partial charge >= 0.3 is 0 Å². The lowest BCUT2D eigenvalue weighted by atomic mass is 10.1. The van der Waals surface area contributed by atoms with Crippen molar-refractivity contribution in [3.05, 3.63) is 45.9 Å². The molecule has 1 aliphatic rings. The number of nitrogens with zero attached hydrogens (tertiary/aromatic N) is 1. The Kier molecular flexibility index (Phi) is 4.17. The van der Waals surface area contributed by atoms with E-state index in [-0.39, 0.29) is 11.6 Å². The van der Waals surface area contributed by atoms with Crippen molar-refractivity contribution in [3.63, 3.8) is 0 Å². The molecule has 0 saturated heterocycles. The molecule has 1 aromatic carbocycles. The van der Waals surface area contributed by atoms with Crippen LogP contribution in [0.2, 0.25) is 0 Å². The summed E-state index contributed by atoms with van der Waals surface area (Å²) in [6, 6.07) is 6.73. The van der Waals surface area contributed by atoms with Gasteiger partial charge in [0.1, 0.15) is 5.82 Å². The molecule has 2 aromatic rings. The van der Waals surface area contributed by atoms with Crippen molar-refractivity contribution in [2.45, 2.75) is 17.9 Å². The van der Waals surface area contributed by atoms with Gasteiger partial charge in [0.25, 0.3) is 0 Å². The lowest BCUT2D eigenvalue weighted by Gasteiger charge is -2.26. The highest BCUT2D eigenvalue weighted by atomic mass is 32.2. The van der Waals surface area contributed by atoms with Crippen molar-refractivity contribution in [3.8, 4) is 0 Å². The van der Waals surface area contributed by atoms with Crippen LogP contribution in [0.3, 0.4) is 0 Å². The number of nitrogen functional groups attached to an aromatic ring is 1. The molecule has 2 heterocycles. The topological polar surface area (TPSA) is 46.3 Å². The van der Waals surface area contributed by atoms with E-state index in [0.717, 1.165) is 17.9 Å². The van der Waals surface area contributed by atoms with Crippen LogP contribution in [0.1, 0.15) is 10.4 Å². The van der Waals surface area contributed by atoms with Gasteiger partial charge in [-0.05, 0) is 41.6 Å². The molecule has 0 aliphatic carbocycles. The number of halogens is 1. The zero-order valence-corrected chi connectivity index (χ0v) is 13.0. The molecule has 6 heteroatoms. The third kappa shape index (κ3) is 3.22. The van der Waals surface area contributed by atoms with Crippen LogP contribution in [0.4, 0.5) is 10.1 Å². The van der Waals surface area contributed by atoms with Crippen LogP contribution in [-0.4, -0.2) is 23.1 Å². The first-order valence-electron chi connectivity index (χ1n) is 6.64. The van der Waals surface area contributed by atoms with Gasteiger partial charge in [0, 0.05) is 22.9 Å². The Balaban J connectivity index is 1.58. The summed E-state index contributed by atoms with van der Waals surface area (Å²) < 4.78 is 13.4. The Labute approximate surface area is 130 Å². The normalized spacial score (nSPS) is 14.0. The van der Waals surface area contributed by atoms with Gasteiger partial charge in [0.15, 0.2) is 0 Å². The number of hydrogen-bond donors (Lipinski definition) is 1. The molecule has 0 fully saturated rings. The molecule has 1 aliphatic heterocycles. The molecule has 3 rings (SSSR count). The van der Waals surface area contributed by atoms with E-state index < -0.39 is 5.82 Å². The minimum absolute atomic E-state index is 0.0917. The zero-order valence-electron chi connectivity index (χ0n) is 11.3. The third-order valence-corrected chi connectivity index (χ3v) is 5.50. The molecule has 2 N–H and O–H groups in total. The fourth-order valence-corrected chi connectivity index (χ4v) is 4.01. The summed E-state index contributed by atoms with van der Waals surface area (Å²) in [4.78, 5) is 16.2. The number of rotatable bonds is 3. The smallest absolute Gasteiger partial charge is 0.233 e. The van der Waals surface area contributed by atoms with Gasteiger partial charge in [-0.15, -0.1) is 23.1 Å². The maximum atomic E-state index is 13.4. The summed E-state index contributed by atoms with van der Waals surface area (Å²) in [7, 11) is 0. The monoisotopic (exact) mass is 322 g/mol. The van der Waals surface area contributed by atoms with Crippen molar-refractivity contribution in [2.24, 2.45) is 0 Å². The average Bonchev–Trinajstić information content (AvgIpc) is 2.95. The van der Waals surface area contributed by atoms with E-state index >= 15 is 0 Å². The van der Waals surface area contributed by atoms with E-state index in [1.807, 2.05) is 4.90 Å². The van der Waals surface area contributed by atoms with Gasteiger partial charge in [-0.25, -0.2) is 4.39 Å². The van der Waals surface area contributed by atoms with Gasteiger partial charge in [-0.3, -0.25) is 4.79 Å². The minimum Gasteiger partial charge on any atom is -0.396 e. The highest BCUT2D eigenvalue weighted by Crippen LogP contribution is 2.26. The molecule has 1 amide bonds. The van der Waals surface area contributed by atoms with Gasteiger partial charge in [0.05, 0.1) is 11.4 Å². The lowest BCUT2D eigenvalue weighted by Crippen LogP contribution is -2.36. The van der Waals surface area contributed by atoms with Crippen LogP contribution in [0.5, 0.6) is 0 Å². The molecule has 0 atom stereocenters. The van der Waals surface area contributed by atoms with Gasteiger partial charge < -0.3 is 10.6 Å². The minimum atomic E-state index is -0.437. The number of benzene rings is 1. The fourth-order valence-electron chi connectivity index (χ4n) is 2.30. The van der Waals surface area contributed by atoms with Crippen LogP contribution < -0.4 is 5.73 Å². The molecule has 1 aromatic heterocycles. The van der Waals surface area contributed by atoms with E-state index in [2.05, 4.69) is 11.4 Å². The highest BCUT2D eigenvalue weighted by molar-refractivity contribution is 8.00. The van der Waals surface area contributed by atoms with E-state index in [0.29, 0.717) is 12.3 Å². The molecular formula is C15H15FN2OS2. The molecule has 21 heavy (non-hydrogen) atoms. The van der Waals surface area contributed by atoms with Crippen LogP contribution in [0.15, 0.2) is 34.5 Å². The van der Waals surface area contributed by atoms with Crippen molar-refractivity contribution in [1.82, 2.24) is 4.90 Å². The number of amides is 1. The first-order valence-corrected chi connectivity index (χ1v) is 8.51. The summed E-state index contributed by atoms with van der Waals surface area (Å²) in [5.41, 5.74) is 6.82. The zero-order chi connectivity index (χ0) is 14.8. The molecule has 3 nitrogen and oxygen atoms in total. The molecule has 110 valence electrons. The van der Waals surface area contributed by atoms with Crippen LogP contribution >= 0.6 is 23.1 Å². The Morgan fingerprint density at radius 3 is 3.10 bits per heavy atom. The predicted molar refractivity (Wildman–Crippen MR) is 85.0 cm³/mol. The largest absolute Gasteiger partial charge is 0.396 e. The van der Waals surface area contributed by atoms with E-state index in [4.69, 9.17) is 5.73 Å². The van der Waals surface area contributed by atoms with Crippen molar-refractivity contribution < 1.29 is 9.18 Å². The second-order valence-electron chi connectivity index (χ2n) is 4.91. The van der Waals surface area contributed by atoms with Gasteiger partial charge in [-0.2, -0.15) is 0 Å². The first kappa shape index (κ1) is 14.4. The Morgan fingerprint density at radius 2 is 2.29 bits per heavy atom. The van der Waals surface area contributed by atoms with E-state index in [9.17, 15) is 9.18 Å². The second kappa shape index (κ2) is 6.07. The number of anilines is 1. The predicted octanol–water partition coefficient (Wildman–Crippen LogP) is 3.15. The third-order valence-electron chi connectivity index (χ3n) is 3.49. The number of hydrogen-bond acceptors (Lipinski definition) is 4. The number of carbonyl (C=O) groups excluding carboxylic acids is 1. The average molecular weight is 322 g/mol. The summed E-state index contributed by atoms with van der Waals surface area (Å²) >= 11 is 3.10. The summed E-state index contributed by atoms with van der Waals surface area (Å²) in [5.74, 6) is -0.0227.